The summed E-state index contributed by atoms with van der Waals surface area (Å²) in [6, 6.07) is 13.2. The van der Waals surface area contributed by atoms with Crippen molar-refractivity contribution in [2.24, 2.45) is 0 Å². The van der Waals surface area contributed by atoms with Gasteiger partial charge in [0.2, 0.25) is 0 Å². The number of ether oxygens (including phenoxy) is 1. The third-order valence-corrected chi connectivity index (χ3v) is 3.07. The van der Waals surface area contributed by atoms with Crippen molar-refractivity contribution >= 4 is 16.8 Å². The van der Waals surface area contributed by atoms with Crippen molar-refractivity contribution in [3.05, 3.63) is 60.6 Å². The van der Waals surface area contributed by atoms with Crippen molar-refractivity contribution in [2.45, 2.75) is 0 Å². The minimum Gasteiger partial charge on any atom is -0.492 e. The summed E-state index contributed by atoms with van der Waals surface area (Å²) in [5.74, 6) is 0.645. The van der Waals surface area contributed by atoms with Crippen molar-refractivity contribution in [2.75, 3.05) is 13.2 Å². The summed E-state index contributed by atoms with van der Waals surface area (Å²) in [6.07, 6.45) is 3.40. The topological polar surface area (TPSA) is 67.0 Å². The molecule has 0 aliphatic rings. The average molecular weight is 281 g/mol. The summed E-state index contributed by atoms with van der Waals surface area (Å²) in [5.41, 5.74) is 1.38. The van der Waals surface area contributed by atoms with Gasteiger partial charge in [-0.2, -0.15) is 0 Å². The maximum Gasteiger partial charge on any atom is 0.267 e. The second kappa shape index (κ2) is 6.09. The van der Waals surface area contributed by atoms with Crippen LogP contribution in [0.2, 0.25) is 0 Å². The number of H-pyrrole nitrogens is 1. The minimum atomic E-state index is -0.150. The van der Waals surface area contributed by atoms with E-state index >= 15 is 0 Å². The van der Waals surface area contributed by atoms with Crippen LogP contribution < -0.4 is 10.1 Å². The highest BCUT2D eigenvalue weighted by molar-refractivity contribution is 5.97. The first-order valence-corrected chi connectivity index (χ1v) is 6.72. The Morgan fingerprint density at radius 2 is 2.10 bits per heavy atom. The summed E-state index contributed by atoms with van der Waals surface area (Å²) in [6.45, 7) is 0.874. The first-order chi connectivity index (χ1) is 10.3. The van der Waals surface area contributed by atoms with Gasteiger partial charge in [0.1, 0.15) is 18.1 Å². The van der Waals surface area contributed by atoms with Crippen LogP contribution in [0.1, 0.15) is 10.5 Å². The fourth-order valence-corrected chi connectivity index (χ4v) is 2.04. The van der Waals surface area contributed by atoms with Crippen LogP contribution >= 0.6 is 0 Å². The minimum absolute atomic E-state index is 0.150. The van der Waals surface area contributed by atoms with E-state index in [0.29, 0.717) is 18.8 Å². The molecule has 2 N–H and O–H groups in total. The monoisotopic (exact) mass is 281 g/mol. The Hall–Kier alpha value is -2.82. The Morgan fingerprint density at radius 3 is 2.90 bits per heavy atom. The van der Waals surface area contributed by atoms with Crippen LogP contribution in [0.25, 0.3) is 10.9 Å². The number of aromatic amines is 1. The highest BCUT2D eigenvalue weighted by Crippen LogP contribution is 2.13. The summed E-state index contributed by atoms with van der Waals surface area (Å²) in [5, 5.41) is 3.78. The standard InChI is InChI=1S/C16H15N3O2/c20-16(14-10-12-6-7-17-11-15(12)19-14)18-8-9-21-13-4-2-1-3-5-13/h1-7,10-11,19H,8-9H2,(H,18,20). The largest absolute Gasteiger partial charge is 0.492 e. The molecule has 2 aromatic heterocycles. The van der Waals surface area contributed by atoms with Gasteiger partial charge in [0.05, 0.1) is 18.3 Å². The van der Waals surface area contributed by atoms with Gasteiger partial charge in [-0.05, 0) is 24.3 Å². The molecule has 5 nitrogen and oxygen atoms in total. The molecule has 0 fully saturated rings. The Morgan fingerprint density at radius 1 is 1.24 bits per heavy atom. The normalized spacial score (nSPS) is 10.5. The third kappa shape index (κ3) is 3.20. The number of nitrogens with zero attached hydrogens (tertiary/aromatic N) is 1. The van der Waals surface area contributed by atoms with Gasteiger partial charge >= 0.3 is 0 Å². The van der Waals surface area contributed by atoms with E-state index < -0.39 is 0 Å². The van der Waals surface area contributed by atoms with Crippen LogP contribution in [0.4, 0.5) is 0 Å². The number of hydrogen-bond acceptors (Lipinski definition) is 3. The van der Waals surface area contributed by atoms with Gasteiger partial charge in [0.15, 0.2) is 0 Å². The number of carbonyl (C=O) groups excluding carboxylic acids is 1. The van der Waals surface area contributed by atoms with Gasteiger partial charge in [0, 0.05) is 11.6 Å². The molecule has 1 amide bonds. The molecule has 0 bridgehead atoms. The van der Waals surface area contributed by atoms with E-state index in [2.05, 4.69) is 15.3 Å². The predicted octanol–water partition coefficient (Wildman–Crippen LogP) is 2.37. The molecular weight excluding hydrogens is 266 g/mol. The molecule has 0 atom stereocenters. The van der Waals surface area contributed by atoms with Gasteiger partial charge in [-0.3, -0.25) is 9.78 Å². The second-order valence-corrected chi connectivity index (χ2v) is 4.56. The molecule has 5 heteroatoms. The van der Waals surface area contributed by atoms with E-state index in [-0.39, 0.29) is 5.91 Å². The smallest absolute Gasteiger partial charge is 0.267 e. The number of pyridine rings is 1. The molecule has 106 valence electrons. The fourth-order valence-electron chi connectivity index (χ4n) is 2.04. The molecule has 1 aromatic carbocycles. The molecular formula is C16H15N3O2. The lowest BCUT2D eigenvalue weighted by atomic mass is 10.3. The summed E-state index contributed by atoms with van der Waals surface area (Å²) in [7, 11) is 0. The van der Waals surface area contributed by atoms with Crippen LogP contribution in [0, 0.1) is 0 Å². The van der Waals surface area contributed by atoms with Gasteiger partial charge in [-0.15, -0.1) is 0 Å². The van der Waals surface area contributed by atoms with E-state index in [1.807, 2.05) is 42.5 Å². The summed E-state index contributed by atoms with van der Waals surface area (Å²) < 4.78 is 5.52. The Bertz CT molecular complexity index is 704. The van der Waals surface area contributed by atoms with Gasteiger partial charge in [-0.25, -0.2) is 0 Å². The van der Waals surface area contributed by atoms with Gasteiger partial charge in [-0.1, -0.05) is 18.2 Å². The molecule has 0 aliphatic heterocycles. The third-order valence-electron chi connectivity index (χ3n) is 3.07. The Balaban J connectivity index is 1.52. The van der Waals surface area contributed by atoms with Crippen molar-refractivity contribution in [1.82, 2.24) is 15.3 Å². The van der Waals surface area contributed by atoms with E-state index in [0.717, 1.165) is 16.7 Å². The van der Waals surface area contributed by atoms with Crippen molar-refractivity contribution in [1.29, 1.82) is 0 Å². The zero-order valence-electron chi connectivity index (χ0n) is 11.4. The van der Waals surface area contributed by atoms with Crippen LogP contribution in [0.3, 0.4) is 0 Å². The van der Waals surface area contributed by atoms with E-state index in [1.54, 1.807) is 12.4 Å². The molecule has 3 aromatic rings. The number of hydrogen-bond donors (Lipinski definition) is 2. The number of amides is 1. The van der Waals surface area contributed by atoms with Crippen LogP contribution in [0.15, 0.2) is 54.9 Å². The van der Waals surface area contributed by atoms with Gasteiger partial charge < -0.3 is 15.0 Å². The zero-order valence-corrected chi connectivity index (χ0v) is 11.4. The Labute approximate surface area is 122 Å². The quantitative estimate of drug-likeness (QED) is 0.706. The van der Waals surface area contributed by atoms with Crippen LogP contribution in [-0.2, 0) is 0 Å². The van der Waals surface area contributed by atoms with Crippen LogP contribution in [0.5, 0.6) is 5.75 Å². The number of fused-ring (bicyclic) bond motifs is 1. The lowest BCUT2D eigenvalue weighted by Gasteiger charge is -2.06. The molecule has 0 saturated carbocycles. The number of rotatable bonds is 5. The first-order valence-electron chi connectivity index (χ1n) is 6.72. The number of carbonyl (C=O) groups is 1. The second-order valence-electron chi connectivity index (χ2n) is 4.56. The maximum absolute atomic E-state index is 12.0. The highest BCUT2D eigenvalue weighted by Gasteiger charge is 2.08. The summed E-state index contributed by atoms with van der Waals surface area (Å²) in [4.78, 5) is 19.1. The number of aromatic nitrogens is 2. The molecule has 0 spiro atoms. The molecule has 2 heterocycles. The fraction of sp³-hybridized carbons (Fsp3) is 0.125. The molecule has 0 saturated heterocycles. The number of para-hydroxylation sites is 1. The number of benzene rings is 1. The van der Waals surface area contributed by atoms with E-state index in [1.165, 1.54) is 0 Å². The molecule has 0 aliphatic carbocycles. The maximum atomic E-state index is 12.0. The van der Waals surface area contributed by atoms with Crippen LogP contribution in [-0.4, -0.2) is 29.0 Å². The highest BCUT2D eigenvalue weighted by atomic mass is 16.5. The number of nitrogens with one attached hydrogen (secondary N) is 2. The van der Waals surface area contributed by atoms with E-state index in [9.17, 15) is 4.79 Å². The first kappa shape index (κ1) is 13.2. The average Bonchev–Trinajstić information content (AvgIpc) is 2.96. The zero-order chi connectivity index (χ0) is 14.5. The van der Waals surface area contributed by atoms with Crippen molar-refractivity contribution in [3.63, 3.8) is 0 Å². The SMILES string of the molecule is O=C(NCCOc1ccccc1)c1cc2ccncc2[nH]1. The summed E-state index contributed by atoms with van der Waals surface area (Å²) >= 11 is 0. The lowest BCUT2D eigenvalue weighted by molar-refractivity contribution is 0.0943. The van der Waals surface area contributed by atoms with E-state index in [4.69, 9.17) is 4.74 Å². The van der Waals surface area contributed by atoms with Crippen molar-refractivity contribution in [3.8, 4) is 5.75 Å². The molecule has 21 heavy (non-hydrogen) atoms. The predicted molar refractivity (Wildman–Crippen MR) is 80.4 cm³/mol. The molecule has 0 radical (unpaired) electrons. The molecule has 0 unspecified atom stereocenters. The van der Waals surface area contributed by atoms with Gasteiger partial charge in [0.25, 0.3) is 5.91 Å². The lowest BCUT2D eigenvalue weighted by Crippen LogP contribution is -2.28. The molecule has 3 rings (SSSR count). The Kier molecular flexibility index (Phi) is 3.82. The van der Waals surface area contributed by atoms with Crippen molar-refractivity contribution < 1.29 is 9.53 Å².